The lowest BCUT2D eigenvalue weighted by Crippen LogP contribution is -2.36. The van der Waals surface area contributed by atoms with Gasteiger partial charge in [0.15, 0.2) is 0 Å². The molecule has 0 aromatic heterocycles. The molecule has 1 unspecified atom stereocenters. The Labute approximate surface area is 72.9 Å². The van der Waals surface area contributed by atoms with Crippen molar-refractivity contribution < 1.29 is 19.7 Å². The number of aliphatic hydroxyl groups is 2. The predicted octanol–water partition coefficient (Wildman–Crippen LogP) is -1.36. The summed E-state index contributed by atoms with van der Waals surface area (Å²) in [4.78, 5) is 0. The van der Waals surface area contributed by atoms with Crippen LogP contribution in [0.25, 0.3) is 0 Å². The van der Waals surface area contributed by atoms with Gasteiger partial charge in [0.2, 0.25) is 0 Å². The maximum Gasteiger partial charge on any atom is 0.112 e. The lowest BCUT2D eigenvalue weighted by molar-refractivity contribution is -0.0249. The summed E-state index contributed by atoms with van der Waals surface area (Å²) < 4.78 is 10.2. The minimum Gasteiger partial charge on any atom is -0.394 e. The van der Waals surface area contributed by atoms with E-state index in [0.717, 1.165) is 0 Å². The van der Waals surface area contributed by atoms with Crippen LogP contribution < -0.4 is 0 Å². The van der Waals surface area contributed by atoms with Gasteiger partial charge in [-0.25, -0.2) is 0 Å². The maximum atomic E-state index is 9.46. The average Bonchev–Trinajstić information content (AvgIpc) is 2.32. The highest BCUT2D eigenvalue weighted by atomic mass is 16.6. The average molecular weight is 172 g/mol. The van der Waals surface area contributed by atoms with Crippen LogP contribution in [0.3, 0.4) is 0 Å². The predicted molar refractivity (Wildman–Crippen MR) is 42.9 cm³/mol. The first kappa shape index (κ1) is 9.99. The Morgan fingerprint density at radius 3 is 2.67 bits per heavy atom. The van der Waals surface area contributed by atoms with Crippen molar-refractivity contribution in [2.24, 2.45) is 0 Å². The van der Waals surface area contributed by atoms with Gasteiger partial charge in [-0.2, -0.15) is 0 Å². The Bertz CT molecular complexity index is 143. The van der Waals surface area contributed by atoms with E-state index in [0.29, 0.717) is 6.61 Å². The molecule has 2 radical (unpaired) electrons. The zero-order valence-electron chi connectivity index (χ0n) is 7.01. The molecule has 68 valence electrons. The van der Waals surface area contributed by atoms with Gasteiger partial charge >= 0.3 is 0 Å². The summed E-state index contributed by atoms with van der Waals surface area (Å²) >= 11 is 0. The Morgan fingerprint density at radius 1 is 1.58 bits per heavy atom. The summed E-state index contributed by atoms with van der Waals surface area (Å²) in [6.07, 6.45) is -1.96. The molecule has 12 heavy (non-hydrogen) atoms. The number of ether oxygens (including phenoxy) is 2. The first-order valence-corrected chi connectivity index (χ1v) is 4.02. The van der Waals surface area contributed by atoms with Gasteiger partial charge in [-0.3, -0.25) is 0 Å². The Hall–Kier alpha value is -0.0951. The van der Waals surface area contributed by atoms with Gasteiger partial charge in [-0.05, 0) is 6.92 Å². The first-order valence-electron chi connectivity index (χ1n) is 4.02. The van der Waals surface area contributed by atoms with Crippen LogP contribution in [0.4, 0.5) is 0 Å². The fourth-order valence-corrected chi connectivity index (χ4v) is 1.30. The van der Waals surface area contributed by atoms with Crippen LogP contribution in [0, 0.1) is 0 Å². The molecule has 2 N–H and O–H groups in total. The molecule has 1 aliphatic heterocycles. The van der Waals surface area contributed by atoms with Crippen molar-refractivity contribution in [1.29, 1.82) is 0 Å². The summed E-state index contributed by atoms with van der Waals surface area (Å²) in [5.41, 5.74) is 0. The molecule has 0 amide bonds. The van der Waals surface area contributed by atoms with E-state index in [9.17, 15) is 5.11 Å². The summed E-state index contributed by atoms with van der Waals surface area (Å²) in [7, 11) is 5.50. The van der Waals surface area contributed by atoms with E-state index in [-0.39, 0.29) is 6.61 Å². The monoisotopic (exact) mass is 172 g/mol. The van der Waals surface area contributed by atoms with Crippen molar-refractivity contribution in [3.05, 3.63) is 0 Å². The third-order valence-electron chi connectivity index (χ3n) is 1.91. The van der Waals surface area contributed by atoms with Gasteiger partial charge in [0.1, 0.15) is 26.2 Å². The first-order chi connectivity index (χ1) is 5.70. The van der Waals surface area contributed by atoms with E-state index in [2.05, 4.69) is 0 Å². The van der Waals surface area contributed by atoms with E-state index < -0.39 is 24.3 Å². The van der Waals surface area contributed by atoms with Crippen LogP contribution in [0.15, 0.2) is 0 Å². The lowest BCUT2D eigenvalue weighted by Gasteiger charge is -2.17. The van der Waals surface area contributed by atoms with Crippen molar-refractivity contribution in [1.82, 2.24) is 0 Å². The van der Waals surface area contributed by atoms with Gasteiger partial charge in [0.05, 0.1) is 6.61 Å². The third kappa shape index (κ3) is 1.80. The molecule has 1 heterocycles. The van der Waals surface area contributed by atoms with E-state index in [1.165, 1.54) is 0 Å². The second kappa shape index (κ2) is 4.23. The van der Waals surface area contributed by atoms with Crippen LogP contribution in [0.5, 0.6) is 0 Å². The van der Waals surface area contributed by atoms with E-state index >= 15 is 0 Å². The van der Waals surface area contributed by atoms with Crippen LogP contribution in [0.1, 0.15) is 6.92 Å². The molecule has 4 nitrogen and oxygen atoms in total. The molecular weight excluding hydrogens is 159 g/mol. The molecule has 0 aromatic carbocycles. The highest BCUT2D eigenvalue weighted by molar-refractivity contribution is 6.11. The van der Waals surface area contributed by atoms with Gasteiger partial charge < -0.3 is 19.7 Å². The van der Waals surface area contributed by atoms with Crippen molar-refractivity contribution in [3.8, 4) is 0 Å². The SMILES string of the molecule is [B][C@@H]1O[C@H](CO)C(O)[C@@H]1OCC. The van der Waals surface area contributed by atoms with Crippen molar-refractivity contribution in [3.63, 3.8) is 0 Å². The van der Waals surface area contributed by atoms with E-state index in [1.54, 1.807) is 0 Å². The largest absolute Gasteiger partial charge is 0.394 e. The fourth-order valence-electron chi connectivity index (χ4n) is 1.30. The summed E-state index contributed by atoms with van der Waals surface area (Å²) in [5, 5.41) is 18.2. The van der Waals surface area contributed by atoms with Crippen LogP contribution >= 0.6 is 0 Å². The quantitative estimate of drug-likeness (QED) is 0.516. The Morgan fingerprint density at radius 2 is 2.25 bits per heavy atom. The van der Waals surface area contributed by atoms with Crippen LogP contribution in [0.2, 0.25) is 0 Å². The summed E-state index contributed by atoms with van der Waals surface area (Å²) in [5.74, 6) is 0. The minimum absolute atomic E-state index is 0.238. The second-order valence-corrected chi connectivity index (χ2v) is 2.73. The zero-order valence-corrected chi connectivity index (χ0v) is 7.01. The van der Waals surface area contributed by atoms with E-state index in [4.69, 9.17) is 22.4 Å². The minimum atomic E-state index is -0.829. The van der Waals surface area contributed by atoms with Crippen molar-refractivity contribution >= 4 is 7.85 Å². The number of hydrogen-bond acceptors (Lipinski definition) is 4. The van der Waals surface area contributed by atoms with Crippen molar-refractivity contribution in [2.75, 3.05) is 13.2 Å². The molecule has 4 atom stereocenters. The molecule has 0 aromatic rings. The van der Waals surface area contributed by atoms with Gasteiger partial charge in [-0.1, -0.05) is 0 Å². The third-order valence-corrected chi connectivity index (χ3v) is 1.91. The Kier molecular flexibility index (Phi) is 3.52. The molecule has 1 aliphatic rings. The van der Waals surface area contributed by atoms with Crippen molar-refractivity contribution in [2.45, 2.75) is 31.2 Å². The lowest BCUT2D eigenvalue weighted by atomic mass is 9.93. The van der Waals surface area contributed by atoms with Crippen LogP contribution in [-0.2, 0) is 9.47 Å². The molecule has 0 saturated carbocycles. The summed E-state index contributed by atoms with van der Waals surface area (Å²) in [6.45, 7) is 2.04. The smallest absolute Gasteiger partial charge is 0.112 e. The van der Waals surface area contributed by atoms with Crippen LogP contribution in [-0.4, -0.2) is 55.6 Å². The molecule has 0 spiro atoms. The standard InChI is InChI=1S/C7H13BO4/c1-2-11-6-5(10)4(3-9)12-7(6)8/h4-7,9-10H,2-3H2,1H3/t4-,5?,6+,7-/m1/s1. The highest BCUT2D eigenvalue weighted by Gasteiger charge is 2.40. The molecule has 1 rings (SSSR count). The van der Waals surface area contributed by atoms with Gasteiger partial charge in [0.25, 0.3) is 0 Å². The van der Waals surface area contributed by atoms with Gasteiger partial charge in [0, 0.05) is 12.6 Å². The Balaban J connectivity index is 2.51. The fraction of sp³-hybridized carbons (Fsp3) is 1.00. The molecule has 1 saturated heterocycles. The van der Waals surface area contributed by atoms with E-state index in [1.807, 2.05) is 6.92 Å². The number of rotatable bonds is 3. The molecule has 0 bridgehead atoms. The normalized spacial score (nSPS) is 41.9. The molecule has 5 heteroatoms. The zero-order chi connectivity index (χ0) is 9.14. The topological polar surface area (TPSA) is 58.9 Å². The molecule has 1 fully saturated rings. The maximum absolute atomic E-state index is 9.46. The highest BCUT2D eigenvalue weighted by Crippen LogP contribution is 2.21. The summed E-state index contributed by atoms with van der Waals surface area (Å²) in [6, 6.07) is -0.642. The number of aliphatic hydroxyl groups excluding tert-OH is 2. The molecular formula is C7H13BO4. The van der Waals surface area contributed by atoms with Gasteiger partial charge in [-0.15, -0.1) is 0 Å². The molecule has 0 aliphatic carbocycles. The number of hydrogen-bond donors (Lipinski definition) is 2. The second-order valence-electron chi connectivity index (χ2n) is 2.73.